The number of methoxy groups -OCH3 is 1. The van der Waals surface area contributed by atoms with Gasteiger partial charge in [0.05, 0.1) is 5.92 Å². The Balaban J connectivity index is 2.78. The Labute approximate surface area is 114 Å². The largest absolute Gasteiger partial charge is 0.481 e. The average molecular weight is 271 g/mol. The number of carbonyl (C=O) groups excluding carboxylic acids is 1. The van der Waals surface area contributed by atoms with Gasteiger partial charge in [-0.25, -0.2) is 0 Å². The Kier molecular flexibility index (Phi) is 6.28. The molecule has 0 aliphatic heterocycles. The Bertz CT molecular complexity index is 319. The summed E-state index contributed by atoms with van der Waals surface area (Å²) in [6.45, 7) is 4.08. The number of aliphatic carboxylic acids is 1. The van der Waals surface area contributed by atoms with Crippen molar-refractivity contribution in [2.24, 2.45) is 11.8 Å². The van der Waals surface area contributed by atoms with Crippen LogP contribution in [0.5, 0.6) is 0 Å². The van der Waals surface area contributed by atoms with Gasteiger partial charge in [-0.05, 0) is 18.8 Å². The zero-order chi connectivity index (χ0) is 14.4. The predicted molar refractivity (Wildman–Crippen MR) is 71.8 cm³/mol. The van der Waals surface area contributed by atoms with E-state index < -0.39 is 11.9 Å². The van der Waals surface area contributed by atoms with E-state index in [1.54, 1.807) is 11.8 Å². The summed E-state index contributed by atoms with van der Waals surface area (Å²) >= 11 is 0. The molecule has 0 heterocycles. The molecule has 5 nitrogen and oxygen atoms in total. The van der Waals surface area contributed by atoms with Crippen LogP contribution in [-0.4, -0.2) is 48.2 Å². The number of carbonyl (C=O) groups is 2. The molecule has 5 heteroatoms. The van der Waals surface area contributed by atoms with E-state index in [-0.39, 0.29) is 25.1 Å². The summed E-state index contributed by atoms with van der Waals surface area (Å²) in [4.78, 5) is 24.9. The second kappa shape index (κ2) is 7.48. The van der Waals surface area contributed by atoms with Crippen LogP contribution in [0.4, 0.5) is 0 Å². The molecular weight excluding hydrogens is 246 g/mol. The van der Waals surface area contributed by atoms with E-state index in [0.717, 1.165) is 19.3 Å². The lowest BCUT2D eigenvalue weighted by atomic mass is 9.84. The number of hydrogen-bond acceptors (Lipinski definition) is 3. The van der Waals surface area contributed by atoms with Gasteiger partial charge in [0.25, 0.3) is 0 Å². The quantitative estimate of drug-likeness (QED) is 0.799. The molecule has 0 radical (unpaired) electrons. The average Bonchev–Trinajstić information content (AvgIpc) is 2.36. The number of carboxylic acid groups (broad SMARTS) is 1. The Morgan fingerprint density at radius 2 is 2.00 bits per heavy atom. The zero-order valence-corrected chi connectivity index (χ0v) is 12.1. The highest BCUT2D eigenvalue weighted by atomic mass is 16.5. The molecule has 0 bridgehead atoms. The van der Waals surface area contributed by atoms with Gasteiger partial charge in [0.1, 0.15) is 6.61 Å². The Hall–Kier alpha value is -1.10. The standard InChI is InChI=1S/C14H25NO4/c1-10-6-4-5-7-12(10)15(13(16)9-19-3)8-11(2)14(17)18/h10-12H,4-9H2,1-3H3,(H,17,18). The van der Waals surface area contributed by atoms with Crippen molar-refractivity contribution < 1.29 is 19.4 Å². The van der Waals surface area contributed by atoms with E-state index in [9.17, 15) is 9.59 Å². The van der Waals surface area contributed by atoms with Crippen molar-refractivity contribution in [2.45, 2.75) is 45.6 Å². The van der Waals surface area contributed by atoms with Gasteiger partial charge in [0, 0.05) is 19.7 Å². The number of rotatable bonds is 6. The molecule has 0 aromatic carbocycles. The molecule has 0 saturated heterocycles. The third kappa shape index (κ3) is 4.49. The van der Waals surface area contributed by atoms with Gasteiger partial charge in [-0.3, -0.25) is 9.59 Å². The highest BCUT2D eigenvalue weighted by Crippen LogP contribution is 2.28. The molecule has 1 rings (SSSR count). The molecule has 0 aromatic rings. The third-order valence-electron chi connectivity index (χ3n) is 3.95. The summed E-state index contributed by atoms with van der Waals surface area (Å²) in [6, 6.07) is 0.151. The molecule has 0 aromatic heterocycles. The second-order valence-electron chi connectivity index (χ2n) is 5.55. The zero-order valence-electron chi connectivity index (χ0n) is 12.1. The van der Waals surface area contributed by atoms with Crippen molar-refractivity contribution in [1.82, 2.24) is 4.90 Å². The molecule has 3 unspecified atom stereocenters. The van der Waals surface area contributed by atoms with Gasteiger partial charge in [0.2, 0.25) is 5.91 Å². The molecule has 19 heavy (non-hydrogen) atoms. The highest BCUT2D eigenvalue weighted by molar-refractivity contribution is 5.79. The number of amides is 1. The Morgan fingerprint density at radius 1 is 1.37 bits per heavy atom. The lowest BCUT2D eigenvalue weighted by Crippen LogP contribution is -2.49. The van der Waals surface area contributed by atoms with Crippen molar-refractivity contribution >= 4 is 11.9 Å². The van der Waals surface area contributed by atoms with Crippen LogP contribution in [0.15, 0.2) is 0 Å². The van der Waals surface area contributed by atoms with Gasteiger partial charge in [-0.15, -0.1) is 0 Å². The summed E-state index contributed by atoms with van der Waals surface area (Å²) in [6.07, 6.45) is 4.36. The van der Waals surface area contributed by atoms with E-state index in [1.165, 1.54) is 13.5 Å². The maximum Gasteiger partial charge on any atom is 0.308 e. The number of ether oxygens (including phenoxy) is 1. The maximum atomic E-state index is 12.2. The van der Waals surface area contributed by atoms with Crippen LogP contribution in [-0.2, 0) is 14.3 Å². The van der Waals surface area contributed by atoms with Gasteiger partial charge in [-0.1, -0.05) is 26.7 Å². The first-order valence-corrected chi connectivity index (χ1v) is 6.98. The van der Waals surface area contributed by atoms with E-state index >= 15 is 0 Å². The fraction of sp³-hybridized carbons (Fsp3) is 0.857. The van der Waals surface area contributed by atoms with Crippen LogP contribution in [0, 0.1) is 11.8 Å². The van der Waals surface area contributed by atoms with Crippen molar-refractivity contribution in [3.8, 4) is 0 Å². The highest BCUT2D eigenvalue weighted by Gasteiger charge is 2.32. The van der Waals surface area contributed by atoms with Crippen molar-refractivity contribution in [1.29, 1.82) is 0 Å². The minimum absolute atomic E-state index is 0.0234. The molecule has 1 fully saturated rings. The molecule has 0 spiro atoms. The van der Waals surface area contributed by atoms with Crippen LogP contribution in [0.2, 0.25) is 0 Å². The molecule has 1 N–H and O–H groups in total. The number of nitrogens with zero attached hydrogens (tertiary/aromatic N) is 1. The number of carboxylic acids is 1. The van der Waals surface area contributed by atoms with Crippen LogP contribution < -0.4 is 0 Å². The SMILES string of the molecule is COCC(=O)N(CC(C)C(=O)O)C1CCCCC1C. The lowest BCUT2D eigenvalue weighted by Gasteiger charge is -2.39. The van der Waals surface area contributed by atoms with E-state index in [1.807, 2.05) is 0 Å². The summed E-state index contributed by atoms with van der Waals surface area (Å²) in [5.74, 6) is -1.08. The minimum atomic E-state index is -0.862. The smallest absolute Gasteiger partial charge is 0.308 e. The second-order valence-corrected chi connectivity index (χ2v) is 5.55. The van der Waals surface area contributed by atoms with Crippen molar-refractivity contribution in [2.75, 3.05) is 20.3 Å². The molecule has 110 valence electrons. The van der Waals surface area contributed by atoms with Gasteiger partial charge in [-0.2, -0.15) is 0 Å². The predicted octanol–water partition coefficient (Wildman–Crippen LogP) is 1.76. The first kappa shape index (κ1) is 16.0. The van der Waals surface area contributed by atoms with Crippen LogP contribution in [0.1, 0.15) is 39.5 Å². The van der Waals surface area contributed by atoms with Crippen molar-refractivity contribution in [3.63, 3.8) is 0 Å². The lowest BCUT2D eigenvalue weighted by molar-refractivity contribution is -0.146. The molecule has 1 aliphatic carbocycles. The minimum Gasteiger partial charge on any atom is -0.481 e. The topological polar surface area (TPSA) is 66.8 Å². The first-order valence-electron chi connectivity index (χ1n) is 6.98. The molecule has 1 aliphatic rings. The molecule has 3 atom stereocenters. The molecule has 1 saturated carbocycles. The van der Waals surface area contributed by atoms with Gasteiger partial charge < -0.3 is 14.7 Å². The van der Waals surface area contributed by atoms with Gasteiger partial charge in [0.15, 0.2) is 0 Å². The summed E-state index contributed by atoms with van der Waals surface area (Å²) < 4.78 is 4.91. The van der Waals surface area contributed by atoms with E-state index in [4.69, 9.17) is 9.84 Å². The van der Waals surface area contributed by atoms with Crippen LogP contribution >= 0.6 is 0 Å². The first-order chi connectivity index (χ1) is 8.97. The van der Waals surface area contributed by atoms with Crippen molar-refractivity contribution in [3.05, 3.63) is 0 Å². The normalized spacial score (nSPS) is 24.8. The molecular formula is C14H25NO4. The van der Waals surface area contributed by atoms with E-state index in [2.05, 4.69) is 6.92 Å². The summed E-state index contributed by atoms with van der Waals surface area (Å²) in [7, 11) is 1.49. The summed E-state index contributed by atoms with van der Waals surface area (Å²) in [5, 5.41) is 9.04. The van der Waals surface area contributed by atoms with E-state index in [0.29, 0.717) is 5.92 Å². The molecule has 1 amide bonds. The van der Waals surface area contributed by atoms with Gasteiger partial charge >= 0.3 is 5.97 Å². The number of hydrogen-bond donors (Lipinski definition) is 1. The maximum absolute atomic E-state index is 12.2. The Morgan fingerprint density at radius 3 is 2.53 bits per heavy atom. The fourth-order valence-corrected chi connectivity index (χ4v) is 2.76. The van der Waals surface area contributed by atoms with Crippen LogP contribution in [0.3, 0.4) is 0 Å². The fourth-order valence-electron chi connectivity index (χ4n) is 2.76. The monoisotopic (exact) mass is 271 g/mol. The van der Waals surface area contributed by atoms with Crippen LogP contribution in [0.25, 0.3) is 0 Å². The summed E-state index contributed by atoms with van der Waals surface area (Å²) in [5.41, 5.74) is 0. The third-order valence-corrected chi connectivity index (χ3v) is 3.95.